The zero-order valence-electron chi connectivity index (χ0n) is 15.2. The summed E-state index contributed by atoms with van der Waals surface area (Å²) in [5.41, 5.74) is 1.63. The van der Waals surface area contributed by atoms with Crippen LogP contribution in [0, 0.1) is 17.5 Å². The van der Waals surface area contributed by atoms with Crippen molar-refractivity contribution in [3.05, 3.63) is 84.4 Å². The minimum absolute atomic E-state index is 0.0228. The fraction of sp³-hybridized carbons (Fsp3) is 0.0455. The van der Waals surface area contributed by atoms with E-state index >= 15 is 0 Å². The molecule has 0 aliphatic heterocycles. The number of pyridine rings is 1. The Morgan fingerprint density at radius 1 is 0.793 bits per heavy atom. The lowest BCUT2D eigenvalue weighted by Gasteiger charge is -2.09. The molecule has 0 fully saturated rings. The summed E-state index contributed by atoms with van der Waals surface area (Å²) in [6, 6.07) is 12.9. The van der Waals surface area contributed by atoms with Gasteiger partial charge in [-0.3, -0.25) is 4.98 Å². The van der Waals surface area contributed by atoms with Gasteiger partial charge in [-0.05, 0) is 48.0 Å². The molecule has 4 rings (SSSR count). The van der Waals surface area contributed by atoms with E-state index in [0.717, 1.165) is 0 Å². The molecular weight excluding hydrogens is 379 g/mol. The van der Waals surface area contributed by atoms with Gasteiger partial charge in [0.25, 0.3) is 0 Å². The molecule has 29 heavy (non-hydrogen) atoms. The first-order valence-corrected chi connectivity index (χ1v) is 8.64. The van der Waals surface area contributed by atoms with Crippen molar-refractivity contribution < 1.29 is 17.9 Å². The van der Waals surface area contributed by atoms with Crippen LogP contribution < -0.4 is 4.74 Å². The van der Waals surface area contributed by atoms with E-state index in [-0.39, 0.29) is 16.8 Å². The fourth-order valence-corrected chi connectivity index (χ4v) is 2.96. The van der Waals surface area contributed by atoms with E-state index < -0.39 is 17.5 Å². The van der Waals surface area contributed by atoms with Crippen LogP contribution in [0.1, 0.15) is 0 Å². The molecule has 0 amide bonds. The van der Waals surface area contributed by atoms with Crippen molar-refractivity contribution in [2.45, 2.75) is 0 Å². The average Bonchev–Trinajstić information content (AvgIpc) is 2.74. The lowest BCUT2D eigenvalue weighted by atomic mass is 10.0. The van der Waals surface area contributed by atoms with Crippen LogP contribution in [-0.4, -0.2) is 22.3 Å². The molecule has 0 atom stereocenters. The van der Waals surface area contributed by atoms with Crippen LogP contribution in [0.25, 0.3) is 33.6 Å². The van der Waals surface area contributed by atoms with Gasteiger partial charge in [0.2, 0.25) is 0 Å². The third-order valence-corrected chi connectivity index (χ3v) is 4.42. The van der Waals surface area contributed by atoms with Gasteiger partial charge in [0.15, 0.2) is 0 Å². The predicted molar refractivity (Wildman–Crippen MR) is 103 cm³/mol. The number of methoxy groups -OCH3 is 1. The molecule has 0 aliphatic carbocycles. The number of aromatic nitrogens is 3. The van der Waals surface area contributed by atoms with Gasteiger partial charge in [0.05, 0.1) is 19.0 Å². The Hall–Kier alpha value is -3.74. The van der Waals surface area contributed by atoms with Crippen LogP contribution in [0.15, 0.2) is 67.0 Å². The average molecular weight is 393 g/mol. The quantitative estimate of drug-likeness (QED) is 0.472. The lowest BCUT2D eigenvalue weighted by molar-refractivity contribution is 0.411. The molecule has 2 heterocycles. The molecule has 2 aromatic carbocycles. The Morgan fingerprint density at radius 2 is 1.66 bits per heavy atom. The molecule has 0 unspecified atom stereocenters. The zero-order valence-corrected chi connectivity index (χ0v) is 15.2. The number of nitrogens with zero attached hydrogens (tertiary/aromatic N) is 3. The molecule has 144 valence electrons. The van der Waals surface area contributed by atoms with Crippen molar-refractivity contribution in [3.63, 3.8) is 0 Å². The summed E-state index contributed by atoms with van der Waals surface area (Å²) in [7, 11) is 1.45. The van der Waals surface area contributed by atoms with Crippen molar-refractivity contribution >= 4 is 0 Å². The second-order valence-corrected chi connectivity index (χ2v) is 6.20. The van der Waals surface area contributed by atoms with Gasteiger partial charge in [0, 0.05) is 29.0 Å². The van der Waals surface area contributed by atoms with Crippen molar-refractivity contribution in [2.75, 3.05) is 7.11 Å². The standard InChI is InChI=1S/C22H14F3N3O/c1-29-15-5-6-16(20(25)11-15)21-10-14(12-27-28-21)13-4-7-18(23)17(9-13)22-19(24)3-2-8-26-22/h2-12H,1H3. The SMILES string of the molecule is COc1ccc(-c2cc(-c3ccc(F)c(-c4ncccc4F)c3)cnn2)c(F)c1. The van der Waals surface area contributed by atoms with Crippen LogP contribution in [0.5, 0.6) is 5.75 Å². The first kappa shape index (κ1) is 18.6. The van der Waals surface area contributed by atoms with Crippen LogP contribution in [0.4, 0.5) is 13.2 Å². The minimum atomic E-state index is -0.627. The maximum atomic E-state index is 14.4. The third-order valence-electron chi connectivity index (χ3n) is 4.42. The van der Waals surface area contributed by atoms with E-state index in [9.17, 15) is 13.2 Å². The summed E-state index contributed by atoms with van der Waals surface area (Å²) in [4.78, 5) is 3.93. The van der Waals surface area contributed by atoms with E-state index in [1.165, 1.54) is 55.9 Å². The largest absolute Gasteiger partial charge is 0.497 e. The van der Waals surface area contributed by atoms with Crippen LogP contribution in [0.3, 0.4) is 0 Å². The Kier molecular flexibility index (Phi) is 4.95. The lowest BCUT2D eigenvalue weighted by Crippen LogP contribution is -1.95. The maximum Gasteiger partial charge on any atom is 0.149 e. The highest BCUT2D eigenvalue weighted by Crippen LogP contribution is 2.31. The molecule has 0 N–H and O–H groups in total. The van der Waals surface area contributed by atoms with Crippen molar-refractivity contribution in [1.82, 2.24) is 15.2 Å². The van der Waals surface area contributed by atoms with Gasteiger partial charge in [-0.1, -0.05) is 6.07 Å². The first-order chi connectivity index (χ1) is 14.1. The van der Waals surface area contributed by atoms with Crippen molar-refractivity contribution in [1.29, 1.82) is 0 Å². The molecule has 2 aromatic heterocycles. The maximum absolute atomic E-state index is 14.4. The van der Waals surface area contributed by atoms with Gasteiger partial charge in [-0.25, -0.2) is 13.2 Å². The first-order valence-electron chi connectivity index (χ1n) is 8.64. The van der Waals surface area contributed by atoms with Crippen LogP contribution in [-0.2, 0) is 0 Å². The normalized spacial score (nSPS) is 10.8. The van der Waals surface area contributed by atoms with Gasteiger partial charge >= 0.3 is 0 Å². The number of rotatable bonds is 4. The molecule has 0 aliphatic rings. The number of ether oxygens (including phenoxy) is 1. The highest BCUT2D eigenvalue weighted by Gasteiger charge is 2.14. The molecular formula is C22H14F3N3O. The van der Waals surface area contributed by atoms with E-state index in [4.69, 9.17) is 4.74 Å². The summed E-state index contributed by atoms with van der Waals surface area (Å²) in [6.07, 6.45) is 2.86. The smallest absolute Gasteiger partial charge is 0.149 e. The Morgan fingerprint density at radius 3 is 2.41 bits per heavy atom. The van der Waals surface area contributed by atoms with Crippen LogP contribution >= 0.6 is 0 Å². The molecule has 0 saturated heterocycles. The number of hydrogen-bond acceptors (Lipinski definition) is 4. The predicted octanol–water partition coefficient (Wildman–Crippen LogP) is 5.30. The second-order valence-electron chi connectivity index (χ2n) is 6.20. The Bertz CT molecular complexity index is 1200. The summed E-state index contributed by atoms with van der Waals surface area (Å²) >= 11 is 0. The topological polar surface area (TPSA) is 47.9 Å². The van der Waals surface area contributed by atoms with Crippen LogP contribution in [0.2, 0.25) is 0 Å². The van der Waals surface area contributed by atoms with E-state index in [0.29, 0.717) is 22.6 Å². The van der Waals surface area contributed by atoms with Gasteiger partial charge in [-0.15, -0.1) is 0 Å². The summed E-state index contributed by atoms with van der Waals surface area (Å²) in [5, 5.41) is 7.92. The molecule has 4 nitrogen and oxygen atoms in total. The van der Waals surface area contributed by atoms with Gasteiger partial charge in [-0.2, -0.15) is 10.2 Å². The fourth-order valence-electron chi connectivity index (χ4n) is 2.96. The number of hydrogen-bond donors (Lipinski definition) is 0. The zero-order chi connectivity index (χ0) is 20.4. The molecule has 7 heteroatoms. The third kappa shape index (κ3) is 3.67. The molecule has 4 aromatic rings. The second kappa shape index (κ2) is 7.71. The monoisotopic (exact) mass is 393 g/mol. The van der Waals surface area contributed by atoms with Crippen molar-refractivity contribution in [3.8, 4) is 39.4 Å². The summed E-state index contributed by atoms with van der Waals surface area (Å²) < 4.78 is 47.8. The Labute approximate surface area is 164 Å². The van der Waals surface area contributed by atoms with E-state index in [1.807, 2.05) is 0 Å². The van der Waals surface area contributed by atoms with Gasteiger partial charge < -0.3 is 4.74 Å². The van der Waals surface area contributed by atoms with Gasteiger partial charge in [0.1, 0.15) is 28.9 Å². The van der Waals surface area contributed by atoms with E-state index in [2.05, 4.69) is 15.2 Å². The molecule has 0 radical (unpaired) electrons. The number of benzene rings is 2. The molecule has 0 bridgehead atoms. The Balaban J connectivity index is 1.78. The molecule has 0 spiro atoms. The summed E-state index contributed by atoms with van der Waals surface area (Å²) in [5.74, 6) is -1.35. The summed E-state index contributed by atoms with van der Waals surface area (Å²) in [6.45, 7) is 0. The highest BCUT2D eigenvalue weighted by molar-refractivity contribution is 5.74. The molecule has 0 saturated carbocycles. The number of halogens is 3. The minimum Gasteiger partial charge on any atom is -0.497 e. The van der Waals surface area contributed by atoms with Crippen molar-refractivity contribution in [2.24, 2.45) is 0 Å². The van der Waals surface area contributed by atoms with E-state index in [1.54, 1.807) is 18.2 Å². The highest BCUT2D eigenvalue weighted by atomic mass is 19.1.